The number of rotatable bonds is 8. The van der Waals surface area contributed by atoms with E-state index in [0.717, 1.165) is 11.3 Å². The predicted molar refractivity (Wildman–Crippen MR) is 143 cm³/mol. The van der Waals surface area contributed by atoms with Crippen LogP contribution in [0.15, 0.2) is 63.5 Å². The zero-order valence-electron chi connectivity index (χ0n) is 19.0. The smallest absolute Gasteiger partial charge is 0.262 e. The molecule has 0 spiro atoms. The molecular weight excluding hydrogens is 580 g/mol. The van der Waals surface area contributed by atoms with Crippen LogP contribution in [0, 0.1) is 0 Å². The van der Waals surface area contributed by atoms with E-state index in [1.54, 1.807) is 30.3 Å². The molecule has 9 heteroatoms. The highest BCUT2D eigenvalue weighted by molar-refractivity contribution is 9.13. The maximum atomic E-state index is 12.6. The summed E-state index contributed by atoms with van der Waals surface area (Å²) in [6.07, 6.45) is 1.79. The van der Waals surface area contributed by atoms with Crippen molar-refractivity contribution in [1.82, 2.24) is 0 Å². The lowest BCUT2D eigenvalue weighted by atomic mass is 10.0. The van der Waals surface area contributed by atoms with Crippen molar-refractivity contribution in [3.05, 3.63) is 74.7 Å². The quantitative estimate of drug-likeness (QED) is 0.303. The normalized spacial score (nSPS) is 13.3. The molecule has 0 saturated heterocycles. The molecule has 180 valence electrons. The largest absolute Gasteiger partial charge is 0.495 e. The molecule has 0 unspecified atom stereocenters. The number of anilines is 2. The standard InChI is InChI=1S/C26H22Br2N2O5/c1-3-34-21-13-15(12-17-16-8-4-5-9-18(16)30-26(17)32)23(27)24(28)25(21)35-14-22(31)29-19-10-6-7-11-20(19)33-2/h4-13H,3,14H2,1-2H3,(H,29,31)(H,30,32)/b17-12-. The van der Waals surface area contributed by atoms with Gasteiger partial charge in [0, 0.05) is 21.3 Å². The minimum Gasteiger partial charge on any atom is -0.495 e. The molecule has 35 heavy (non-hydrogen) atoms. The van der Waals surface area contributed by atoms with Gasteiger partial charge in [-0.15, -0.1) is 0 Å². The van der Waals surface area contributed by atoms with E-state index in [-0.39, 0.29) is 18.4 Å². The average molecular weight is 602 g/mol. The number of nitrogens with one attached hydrogen (secondary N) is 2. The van der Waals surface area contributed by atoms with E-state index in [4.69, 9.17) is 14.2 Å². The van der Waals surface area contributed by atoms with Crippen molar-refractivity contribution in [1.29, 1.82) is 0 Å². The minimum absolute atomic E-state index is 0.180. The molecule has 2 amide bonds. The highest BCUT2D eigenvalue weighted by Crippen LogP contribution is 2.44. The van der Waals surface area contributed by atoms with E-state index in [1.165, 1.54) is 7.11 Å². The first kappa shape index (κ1) is 24.8. The monoisotopic (exact) mass is 600 g/mol. The van der Waals surface area contributed by atoms with Crippen LogP contribution in [0.25, 0.3) is 11.6 Å². The van der Waals surface area contributed by atoms with Crippen LogP contribution in [-0.4, -0.2) is 32.1 Å². The highest BCUT2D eigenvalue weighted by Gasteiger charge is 2.25. The molecule has 3 aromatic carbocycles. The van der Waals surface area contributed by atoms with Gasteiger partial charge in [0.1, 0.15) is 5.75 Å². The Morgan fingerprint density at radius 2 is 1.77 bits per heavy atom. The fraction of sp³-hybridized carbons (Fsp3) is 0.154. The molecule has 1 aliphatic heterocycles. The molecule has 4 rings (SSSR count). The molecule has 2 N–H and O–H groups in total. The van der Waals surface area contributed by atoms with E-state index in [9.17, 15) is 9.59 Å². The molecule has 3 aromatic rings. The van der Waals surface area contributed by atoms with Crippen LogP contribution in [0.1, 0.15) is 18.1 Å². The second-order valence-electron chi connectivity index (χ2n) is 7.45. The third kappa shape index (κ3) is 5.36. The molecular formula is C26H22Br2N2O5. The summed E-state index contributed by atoms with van der Waals surface area (Å²) in [6.45, 7) is 1.99. The van der Waals surface area contributed by atoms with Crippen LogP contribution in [0.2, 0.25) is 0 Å². The van der Waals surface area contributed by atoms with Crippen molar-refractivity contribution in [2.75, 3.05) is 31.0 Å². The fourth-order valence-electron chi connectivity index (χ4n) is 3.62. The molecule has 0 aromatic heterocycles. The van der Waals surface area contributed by atoms with Gasteiger partial charge in [-0.3, -0.25) is 9.59 Å². The first-order valence-electron chi connectivity index (χ1n) is 10.8. The second kappa shape index (κ2) is 11.0. The number of halogens is 2. The molecule has 0 bridgehead atoms. The second-order valence-corrected chi connectivity index (χ2v) is 9.03. The Balaban J connectivity index is 1.60. The Labute approximate surface area is 219 Å². The Morgan fingerprint density at radius 3 is 2.54 bits per heavy atom. The highest BCUT2D eigenvalue weighted by atomic mass is 79.9. The SMILES string of the molecule is CCOc1cc(/C=C2\C(=O)Nc3ccccc32)c(Br)c(Br)c1OCC(=O)Nc1ccccc1OC. The van der Waals surface area contributed by atoms with Gasteiger partial charge in [-0.2, -0.15) is 0 Å². The summed E-state index contributed by atoms with van der Waals surface area (Å²) < 4.78 is 18.1. The maximum absolute atomic E-state index is 12.6. The van der Waals surface area contributed by atoms with Crippen molar-refractivity contribution in [2.24, 2.45) is 0 Å². The van der Waals surface area contributed by atoms with Crippen LogP contribution in [0.4, 0.5) is 11.4 Å². The molecule has 0 atom stereocenters. The lowest BCUT2D eigenvalue weighted by molar-refractivity contribution is -0.118. The van der Waals surface area contributed by atoms with Crippen molar-refractivity contribution in [3.8, 4) is 17.2 Å². The summed E-state index contributed by atoms with van der Waals surface area (Å²) in [5.41, 5.74) is 3.40. The third-order valence-electron chi connectivity index (χ3n) is 5.19. The minimum atomic E-state index is -0.356. The van der Waals surface area contributed by atoms with E-state index < -0.39 is 0 Å². The van der Waals surface area contributed by atoms with Gasteiger partial charge in [-0.05, 0) is 74.7 Å². The van der Waals surface area contributed by atoms with Crippen molar-refractivity contribution < 1.29 is 23.8 Å². The lowest BCUT2D eigenvalue weighted by Crippen LogP contribution is -2.21. The number of benzene rings is 3. The van der Waals surface area contributed by atoms with Gasteiger partial charge in [0.25, 0.3) is 11.8 Å². The third-order valence-corrected chi connectivity index (χ3v) is 7.34. The fourth-order valence-corrected chi connectivity index (χ4v) is 4.56. The number of hydrogen-bond acceptors (Lipinski definition) is 5. The van der Waals surface area contributed by atoms with Gasteiger partial charge in [0.2, 0.25) is 0 Å². The number of ether oxygens (including phenoxy) is 3. The summed E-state index contributed by atoms with van der Waals surface area (Å²) in [4.78, 5) is 25.1. The van der Waals surface area contributed by atoms with Crippen LogP contribution < -0.4 is 24.8 Å². The molecule has 1 heterocycles. The van der Waals surface area contributed by atoms with E-state index >= 15 is 0 Å². The van der Waals surface area contributed by atoms with Crippen molar-refractivity contribution in [3.63, 3.8) is 0 Å². The number of fused-ring (bicyclic) bond motifs is 1. The van der Waals surface area contributed by atoms with Crippen molar-refractivity contribution >= 4 is 66.7 Å². The summed E-state index contributed by atoms with van der Waals surface area (Å²) in [7, 11) is 1.54. The molecule has 7 nitrogen and oxygen atoms in total. The number of amides is 2. The summed E-state index contributed by atoms with van der Waals surface area (Å²) >= 11 is 7.14. The summed E-state index contributed by atoms with van der Waals surface area (Å²) in [5, 5.41) is 5.65. The number of hydrogen-bond donors (Lipinski definition) is 2. The lowest BCUT2D eigenvalue weighted by Gasteiger charge is -2.17. The molecule has 0 saturated carbocycles. The zero-order valence-corrected chi connectivity index (χ0v) is 22.2. The van der Waals surface area contributed by atoms with Gasteiger partial charge in [-0.25, -0.2) is 0 Å². The Morgan fingerprint density at radius 1 is 1.03 bits per heavy atom. The molecule has 1 aliphatic rings. The van der Waals surface area contributed by atoms with Gasteiger partial charge in [-0.1, -0.05) is 30.3 Å². The number of methoxy groups -OCH3 is 1. The van der Waals surface area contributed by atoms with E-state index in [0.29, 0.717) is 49.6 Å². The van der Waals surface area contributed by atoms with Gasteiger partial charge < -0.3 is 24.8 Å². The van der Waals surface area contributed by atoms with Crippen LogP contribution >= 0.6 is 31.9 Å². The van der Waals surface area contributed by atoms with E-state index in [2.05, 4.69) is 42.5 Å². The Bertz CT molecular complexity index is 1320. The van der Waals surface area contributed by atoms with Crippen LogP contribution in [0.5, 0.6) is 17.2 Å². The van der Waals surface area contributed by atoms with Crippen LogP contribution in [0.3, 0.4) is 0 Å². The first-order chi connectivity index (χ1) is 16.9. The number of carbonyl (C=O) groups excluding carboxylic acids is 2. The topological polar surface area (TPSA) is 85.9 Å². The Kier molecular flexibility index (Phi) is 7.77. The van der Waals surface area contributed by atoms with Gasteiger partial charge >= 0.3 is 0 Å². The van der Waals surface area contributed by atoms with Gasteiger partial charge in [0.05, 0.1) is 23.9 Å². The first-order valence-corrected chi connectivity index (χ1v) is 12.3. The maximum Gasteiger partial charge on any atom is 0.262 e. The van der Waals surface area contributed by atoms with Gasteiger partial charge in [0.15, 0.2) is 18.1 Å². The molecule has 0 radical (unpaired) electrons. The predicted octanol–water partition coefficient (Wildman–Crippen LogP) is 6.13. The average Bonchev–Trinajstić information content (AvgIpc) is 3.17. The molecule has 0 fully saturated rings. The number of carbonyl (C=O) groups is 2. The summed E-state index contributed by atoms with van der Waals surface area (Å²) in [5.74, 6) is 0.819. The number of para-hydroxylation sites is 3. The summed E-state index contributed by atoms with van der Waals surface area (Å²) in [6, 6.07) is 16.4. The van der Waals surface area contributed by atoms with Crippen molar-refractivity contribution in [2.45, 2.75) is 6.92 Å². The van der Waals surface area contributed by atoms with E-state index in [1.807, 2.05) is 37.3 Å². The zero-order chi connectivity index (χ0) is 24.9. The molecule has 0 aliphatic carbocycles. The Hall–Kier alpha value is -3.30. The van der Waals surface area contributed by atoms with Crippen LogP contribution in [-0.2, 0) is 9.59 Å².